The maximum Gasteiger partial charge on any atom is 0.586 e. The van der Waals surface area contributed by atoms with Gasteiger partial charge in [0.05, 0.1) is 11.0 Å². The molecule has 1 aliphatic rings. The molecule has 0 radical (unpaired) electrons. The number of rotatable bonds is 3. The number of imidazole rings is 1. The zero-order chi connectivity index (χ0) is 16.9. The first-order chi connectivity index (χ1) is 11.4. The van der Waals surface area contributed by atoms with E-state index < -0.39 is 6.29 Å². The zero-order valence-corrected chi connectivity index (χ0v) is 12.6. The highest BCUT2D eigenvalue weighted by Crippen LogP contribution is 2.43. The SMILES string of the molecule is CCC(c1ccc2c(c1)OC(F)(F)O2)c1nc2ccc(F)cc2[nH]1. The summed E-state index contributed by atoms with van der Waals surface area (Å²) in [5.74, 6) is 0.131. The average Bonchev–Trinajstić information content (AvgIpc) is 3.05. The van der Waals surface area contributed by atoms with Crippen molar-refractivity contribution in [2.24, 2.45) is 0 Å². The summed E-state index contributed by atoms with van der Waals surface area (Å²) in [6, 6.07) is 8.99. The van der Waals surface area contributed by atoms with Gasteiger partial charge in [-0.3, -0.25) is 0 Å². The second-order valence-electron chi connectivity index (χ2n) is 5.62. The monoisotopic (exact) mass is 334 g/mol. The van der Waals surface area contributed by atoms with Crippen LogP contribution in [0.4, 0.5) is 13.2 Å². The highest BCUT2D eigenvalue weighted by molar-refractivity contribution is 5.75. The van der Waals surface area contributed by atoms with Gasteiger partial charge in [-0.2, -0.15) is 0 Å². The Kier molecular flexibility index (Phi) is 3.19. The van der Waals surface area contributed by atoms with E-state index in [0.717, 1.165) is 5.56 Å². The summed E-state index contributed by atoms with van der Waals surface area (Å²) >= 11 is 0. The number of hydrogen-bond donors (Lipinski definition) is 1. The molecule has 124 valence electrons. The third-order valence-electron chi connectivity index (χ3n) is 4.03. The van der Waals surface area contributed by atoms with Crippen molar-refractivity contribution in [3.05, 3.63) is 53.6 Å². The molecule has 2 heterocycles. The summed E-state index contributed by atoms with van der Waals surface area (Å²) in [7, 11) is 0. The van der Waals surface area contributed by atoms with Crippen molar-refractivity contribution in [2.75, 3.05) is 0 Å². The molecule has 2 aromatic carbocycles. The molecule has 1 unspecified atom stereocenters. The van der Waals surface area contributed by atoms with Crippen molar-refractivity contribution in [1.82, 2.24) is 9.97 Å². The summed E-state index contributed by atoms with van der Waals surface area (Å²) < 4.78 is 48.5. The highest BCUT2D eigenvalue weighted by atomic mass is 19.3. The fraction of sp³-hybridized carbons (Fsp3) is 0.235. The van der Waals surface area contributed by atoms with Gasteiger partial charge < -0.3 is 14.5 Å². The van der Waals surface area contributed by atoms with E-state index in [1.807, 2.05) is 6.92 Å². The predicted molar refractivity (Wildman–Crippen MR) is 80.8 cm³/mol. The first-order valence-corrected chi connectivity index (χ1v) is 7.50. The van der Waals surface area contributed by atoms with Crippen LogP contribution in [-0.4, -0.2) is 16.3 Å². The molecule has 0 amide bonds. The Morgan fingerprint density at radius 2 is 1.92 bits per heavy atom. The van der Waals surface area contributed by atoms with Gasteiger partial charge in [-0.1, -0.05) is 13.0 Å². The second kappa shape index (κ2) is 5.15. The molecular formula is C17H13F3N2O2. The number of alkyl halides is 2. The first kappa shape index (κ1) is 14.9. The third kappa shape index (κ3) is 2.46. The van der Waals surface area contributed by atoms with Crippen molar-refractivity contribution in [3.63, 3.8) is 0 Å². The predicted octanol–water partition coefficient (Wildman–Crippen LogP) is 4.57. The molecule has 0 saturated heterocycles. The standard InChI is InChI=1S/C17H13F3N2O2/c1-2-11(16-21-12-5-4-10(18)8-13(12)22-16)9-3-6-14-15(7-9)24-17(19,20)23-14/h3-8,11H,2H2,1H3,(H,21,22). The van der Waals surface area contributed by atoms with Crippen molar-refractivity contribution < 1.29 is 22.6 Å². The lowest BCUT2D eigenvalue weighted by Crippen LogP contribution is -2.25. The summed E-state index contributed by atoms with van der Waals surface area (Å²) in [6.45, 7) is 1.96. The largest absolute Gasteiger partial charge is 0.586 e. The topological polar surface area (TPSA) is 47.1 Å². The van der Waals surface area contributed by atoms with E-state index in [0.29, 0.717) is 23.3 Å². The van der Waals surface area contributed by atoms with E-state index in [-0.39, 0.29) is 23.2 Å². The molecule has 1 atom stereocenters. The van der Waals surface area contributed by atoms with Gasteiger partial charge in [0.1, 0.15) is 11.6 Å². The molecule has 1 aromatic heterocycles. The molecule has 0 fully saturated rings. The van der Waals surface area contributed by atoms with Crippen LogP contribution in [0.5, 0.6) is 11.5 Å². The Morgan fingerprint density at radius 1 is 1.12 bits per heavy atom. The van der Waals surface area contributed by atoms with Crippen LogP contribution in [0.2, 0.25) is 0 Å². The fourth-order valence-electron chi connectivity index (χ4n) is 2.94. The van der Waals surface area contributed by atoms with Crippen molar-refractivity contribution >= 4 is 11.0 Å². The minimum Gasteiger partial charge on any atom is -0.395 e. The molecule has 7 heteroatoms. The lowest BCUT2D eigenvalue weighted by Gasteiger charge is -2.13. The molecule has 0 bridgehead atoms. The first-order valence-electron chi connectivity index (χ1n) is 7.50. The van der Waals surface area contributed by atoms with Crippen LogP contribution in [-0.2, 0) is 0 Å². The van der Waals surface area contributed by atoms with Crippen LogP contribution in [0.1, 0.15) is 30.7 Å². The van der Waals surface area contributed by atoms with Crippen LogP contribution < -0.4 is 9.47 Å². The Balaban J connectivity index is 1.73. The number of hydrogen-bond acceptors (Lipinski definition) is 3. The third-order valence-corrected chi connectivity index (χ3v) is 4.03. The van der Waals surface area contributed by atoms with Gasteiger partial charge in [-0.25, -0.2) is 9.37 Å². The van der Waals surface area contributed by atoms with Crippen molar-refractivity contribution in [3.8, 4) is 11.5 Å². The molecule has 1 N–H and O–H groups in total. The zero-order valence-electron chi connectivity index (χ0n) is 12.6. The van der Waals surface area contributed by atoms with Gasteiger partial charge in [0.2, 0.25) is 0 Å². The fourth-order valence-corrected chi connectivity index (χ4v) is 2.94. The van der Waals surface area contributed by atoms with Gasteiger partial charge in [0, 0.05) is 5.92 Å². The van der Waals surface area contributed by atoms with Gasteiger partial charge in [-0.05, 0) is 42.3 Å². The van der Waals surface area contributed by atoms with E-state index in [1.54, 1.807) is 12.1 Å². The van der Waals surface area contributed by atoms with Crippen LogP contribution in [0.25, 0.3) is 11.0 Å². The number of ether oxygens (including phenoxy) is 2. The van der Waals surface area contributed by atoms with Gasteiger partial charge in [0.25, 0.3) is 0 Å². The van der Waals surface area contributed by atoms with Crippen LogP contribution in [0.3, 0.4) is 0 Å². The molecule has 0 spiro atoms. The number of H-pyrrole nitrogens is 1. The van der Waals surface area contributed by atoms with E-state index in [4.69, 9.17) is 0 Å². The summed E-state index contributed by atoms with van der Waals surface area (Å²) in [4.78, 5) is 7.58. The summed E-state index contributed by atoms with van der Waals surface area (Å²) in [5, 5.41) is 0. The van der Waals surface area contributed by atoms with E-state index in [1.165, 1.54) is 24.3 Å². The minimum atomic E-state index is -3.64. The number of nitrogens with zero attached hydrogens (tertiary/aromatic N) is 1. The molecule has 4 rings (SSSR count). The minimum absolute atomic E-state index is 0.00175. The Labute approximate surface area is 135 Å². The molecule has 4 nitrogen and oxygen atoms in total. The molecule has 24 heavy (non-hydrogen) atoms. The van der Waals surface area contributed by atoms with Crippen LogP contribution in [0, 0.1) is 5.82 Å². The number of fused-ring (bicyclic) bond motifs is 2. The van der Waals surface area contributed by atoms with E-state index in [2.05, 4.69) is 19.4 Å². The van der Waals surface area contributed by atoms with E-state index in [9.17, 15) is 13.2 Å². The number of aromatic nitrogens is 2. The summed E-state index contributed by atoms with van der Waals surface area (Å²) in [6.07, 6.45) is -2.96. The molecular weight excluding hydrogens is 321 g/mol. The number of aromatic amines is 1. The van der Waals surface area contributed by atoms with Gasteiger partial charge in [0.15, 0.2) is 11.5 Å². The molecule has 3 aromatic rings. The lowest BCUT2D eigenvalue weighted by molar-refractivity contribution is -0.286. The highest BCUT2D eigenvalue weighted by Gasteiger charge is 2.43. The normalized spacial score (nSPS) is 16.5. The smallest absolute Gasteiger partial charge is 0.395 e. The second-order valence-corrected chi connectivity index (χ2v) is 5.62. The van der Waals surface area contributed by atoms with Crippen molar-refractivity contribution in [1.29, 1.82) is 0 Å². The van der Waals surface area contributed by atoms with Gasteiger partial charge in [-0.15, -0.1) is 8.78 Å². The number of benzene rings is 2. The van der Waals surface area contributed by atoms with Gasteiger partial charge >= 0.3 is 6.29 Å². The quantitative estimate of drug-likeness (QED) is 0.763. The molecule has 0 saturated carbocycles. The lowest BCUT2D eigenvalue weighted by atomic mass is 9.95. The molecule has 1 aliphatic heterocycles. The average molecular weight is 334 g/mol. The Hall–Kier alpha value is -2.70. The number of halogens is 3. The Morgan fingerprint density at radius 3 is 2.71 bits per heavy atom. The number of nitrogens with one attached hydrogen (secondary N) is 1. The Bertz CT molecular complexity index is 923. The van der Waals surface area contributed by atoms with Crippen molar-refractivity contribution in [2.45, 2.75) is 25.6 Å². The van der Waals surface area contributed by atoms with Crippen LogP contribution in [0.15, 0.2) is 36.4 Å². The van der Waals surface area contributed by atoms with Crippen LogP contribution >= 0.6 is 0 Å². The maximum atomic E-state index is 13.3. The maximum absolute atomic E-state index is 13.3. The van der Waals surface area contributed by atoms with E-state index >= 15 is 0 Å². The molecule has 0 aliphatic carbocycles. The summed E-state index contributed by atoms with van der Waals surface area (Å²) in [5.41, 5.74) is 2.00.